The lowest BCUT2D eigenvalue weighted by atomic mass is 9.99. The fourth-order valence-electron chi connectivity index (χ4n) is 3.84. The Hall–Kier alpha value is -2.54. The average Bonchev–Trinajstić information content (AvgIpc) is 3.09. The topological polar surface area (TPSA) is 57.2 Å². The molecule has 32 heavy (non-hydrogen) atoms. The molecule has 3 aromatic carbocycles. The van der Waals surface area contributed by atoms with E-state index in [1.54, 1.807) is 0 Å². The summed E-state index contributed by atoms with van der Waals surface area (Å²) in [4.78, 5) is 0. The van der Waals surface area contributed by atoms with E-state index in [2.05, 4.69) is 0 Å². The van der Waals surface area contributed by atoms with Gasteiger partial charge < -0.3 is 24.1 Å². The highest BCUT2D eigenvalue weighted by Crippen LogP contribution is 2.41. The molecule has 0 radical (unpaired) electrons. The molecule has 5 nitrogen and oxygen atoms in total. The Bertz CT molecular complexity index is 950. The highest BCUT2D eigenvalue weighted by Gasteiger charge is 2.55. The molecule has 1 N–H and O–H groups in total. The Labute approximate surface area is 189 Å². The molecule has 0 aromatic heterocycles. The van der Waals surface area contributed by atoms with E-state index in [9.17, 15) is 5.11 Å². The molecule has 0 aliphatic carbocycles. The summed E-state index contributed by atoms with van der Waals surface area (Å²) in [5.74, 6) is -1.12. The van der Waals surface area contributed by atoms with Crippen LogP contribution in [0.25, 0.3) is 0 Å². The van der Waals surface area contributed by atoms with E-state index in [1.165, 1.54) is 0 Å². The lowest BCUT2D eigenvalue weighted by Gasteiger charge is -2.30. The van der Waals surface area contributed by atoms with E-state index in [4.69, 9.17) is 18.9 Å². The molecule has 3 aromatic rings. The van der Waals surface area contributed by atoms with Gasteiger partial charge in [-0.25, -0.2) is 0 Å². The zero-order valence-electron chi connectivity index (χ0n) is 18.4. The number of benzene rings is 3. The SMILES string of the molecule is CC1(OCc2ccccc2)CC(COCc2ccccc2)(OCc2ccccc2)OC1O. The quantitative estimate of drug-likeness (QED) is 0.495. The largest absolute Gasteiger partial charge is 0.371 e. The lowest BCUT2D eigenvalue weighted by Crippen LogP contribution is -2.40. The minimum atomic E-state index is -1.14. The Balaban J connectivity index is 1.45. The summed E-state index contributed by atoms with van der Waals surface area (Å²) < 4.78 is 24.4. The zero-order chi connectivity index (χ0) is 22.3. The van der Waals surface area contributed by atoms with Gasteiger partial charge in [-0.15, -0.1) is 0 Å². The first-order valence-corrected chi connectivity index (χ1v) is 10.9. The maximum atomic E-state index is 10.8. The number of aliphatic hydroxyl groups is 1. The number of hydrogen-bond acceptors (Lipinski definition) is 5. The van der Waals surface area contributed by atoms with Crippen LogP contribution < -0.4 is 0 Å². The molecule has 0 spiro atoms. The Morgan fingerprint density at radius 3 is 1.75 bits per heavy atom. The molecular weight excluding hydrogens is 404 g/mol. The van der Waals surface area contributed by atoms with Crippen molar-refractivity contribution in [3.8, 4) is 0 Å². The molecule has 1 aliphatic rings. The Morgan fingerprint density at radius 2 is 1.22 bits per heavy atom. The molecule has 1 saturated heterocycles. The number of aliphatic hydroxyl groups excluding tert-OH is 1. The fourth-order valence-corrected chi connectivity index (χ4v) is 3.84. The van der Waals surface area contributed by atoms with Crippen LogP contribution in [0.3, 0.4) is 0 Å². The van der Waals surface area contributed by atoms with Gasteiger partial charge >= 0.3 is 0 Å². The van der Waals surface area contributed by atoms with Crippen molar-refractivity contribution in [3.63, 3.8) is 0 Å². The van der Waals surface area contributed by atoms with Crippen molar-refractivity contribution in [2.45, 2.75) is 50.8 Å². The van der Waals surface area contributed by atoms with Crippen LogP contribution in [0.5, 0.6) is 0 Å². The molecule has 0 saturated carbocycles. The van der Waals surface area contributed by atoms with E-state index in [0.29, 0.717) is 26.2 Å². The number of ether oxygens (including phenoxy) is 4. The van der Waals surface area contributed by atoms with Gasteiger partial charge in [0.25, 0.3) is 0 Å². The fraction of sp³-hybridized carbons (Fsp3) is 0.333. The van der Waals surface area contributed by atoms with Crippen molar-refractivity contribution in [3.05, 3.63) is 108 Å². The van der Waals surface area contributed by atoms with E-state index < -0.39 is 17.7 Å². The van der Waals surface area contributed by atoms with Gasteiger partial charge in [-0.1, -0.05) is 91.0 Å². The monoisotopic (exact) mass is 434 g/mol. The highest BCUT2D eigenvalue weighted by molar-refractivity contribution is 5.15. The summed E-state index contributed by atoms with van der Waals surface area (Å²) in [5.41, 5.74) is 2.19. The molecule has 0 bridgehead atoms. The van der Waals surface area contributed by atoms with Crippen LogP contribution in [0.15, 0.2) is 91.0 Å². The predicted octanol–water partition coefficient (Wildman–Crippen LogP) is 4.83. The molecule has 0 amide bonds. The number of rotatable bonds is 10. The van der Waals surface area contributed by atoms with Gasteiger partial charge in [-0.05, 0) is 23.6 Å². The molecule has 1 fully saturated rings. The average molecular weight is 435 g/mol. The van der Waals surface area contributed by atoms with E-state index in [0.717, 1.165) is 16.7 Å². The second-order valence-corrected chi connectivity index (χ2v) is 8.40. The van der Waals surface area contributed by atoms with Crippen molar-refractivity contribution in [1.29, 1.82) is 0 Å². The summed E-state index contributed by atoms with van der Waals surface area (Å²) in [5, 5.41) is 10.8. The third-order valence-corrected chi connectivity index (χ3v) is 5.66. The number of hydrogen-bond donors (Lipinski definition) is 1. The normalized spacial score (nSPS) is 25.1. The van der Waals surface area contributed by atoms with Gasteiger partial charge in [0.1, 0.15) is 12.2 Å². The van der Waals surface area contributed by atoms with Crippen LogP contribution in [-0.2, 0) is 38.8 Å². The molecule has 5 heteroatoms. The molecule has 4 rings (SSSR count). The summed E-state index contributed by atoms with van der Waals surface area (Å²) in [7, 11) is 0. The van der Waals surface area contributed by atoms with Crippen molar-refractivity contribution >= 4 is 0 Å². The third-order valence-electron chi connectivity index (χ3n) is 5.66. The first kappa shape index (κ1) is 22.6. The maximum Gasteiger partial charge on any atom is 0.198 e. The van der Waals surface area contributed by atoms with Crippen LogP contribution in [0.2, 0.25) is 0 Å². The van der Waals surface area contributed by atoms with Gasteiger partial charge in [0.2, 0.25) is 0 Å². The second kappa shape index (κ2) is 10.4. The third kappa shape index (κ3) is 5.82. The molecule has 1 heterocycles. The Kier molecular flexibility index (Phi) is 7.35. The van der Waals surface area contributed by atoms with Crippen LogP contribution in [0, 0.1) is 0 Å². The van der Waals surface area contributed by atoms with Crippen LogP contribution in [-0.4, -0.2) is 29.4 Å². The van der Waals surface area contributed by atoms with Gasteiger partial charge in [-0.3, -0.25) is 0 Å². The highest BCUT2D eigenvalue weighted by atomic mass is 16.8. The van der Waals surface area contributed by atoms with E-state index in [-0.39, 0.29) is 6.61 Å². The van der Waals surface area contributed by atoms with Gasteiger partial charge in [0.15, 0.2) is 12.1 Å². The second-order valence-electron chi connectivity index (χ2n) is 8.40. The molecule has 3 atom stereocenters. The molecule has 168 valence electrons. The van der Waals surface area contributed by atoms with Gasteiger partial charge in [0.05, 0.1) is 19.8 Å². The maximum absolute atomic E-state index is 10.8. The van der Waals surface area contributed by atoms with E-state index >= 15 is 0 Å². The Morgan fingerprint density at radius 1 is 0.750 bits per heavy atom. The zero-order valence-corrected chi connectivity index (χ0v) is 18.4. The van der Waals surface area contributed by atoms with Crippen LogP contribution >= 0.6 is 0 Å². The summed E-state index contributed by atoms with van der Waals surface area (Å²) >= 11 is 0. The van der Waals surface area contributed by atoms with Crippen molar-refractivity contribution in [2.24, 2.45) is 0 Å². The van der Waals surface area contributed by atoms with Crippen molar-refractivity contribution in [1.82, 2.24) is 0 Å². The lowest BCUT2D eigenvalue weighted by molar-refractivity contribution is -0.291. The van der Waals surface area contributed by atoms with Crippen LogP contribution in [0.1, 0.15) is 30.0 Å². The predicted molar refractivity (Wildman–Crippen MR) is 121 cm³/mol. The van der Waals surface area contributed by atoms with Crippen molar-refractivity contribution in [2.75, 3.05) is 6.61 Å². The summed E-state index contributed by atoms with van der Waals surface area (Å²) in [6.07, 6.45) is -0.794. The smallest absolute Gasteiger partial charge is 0.198 e. The summed E-state index contributed by atoms with van der Waals surface area (Å²) in [6, 6.07) is 29.7. The van der Waals surface area contributed by atoms with Gasteiger partial charge in [-0.2, -0.15) is 0 Å². The minimum absolute atomic E-state index is 0.177. The molecule has 3 unspecified atom stereocenters. The van der Waals surface area contributed by atoms with E-state index in [1.807, 2.05) is 97.9 Å². The first-order valence-electron chi connectivity index (χ1n) is 10.9. The standard InChI is InChI=1S/C27H30O5/c1-26(30-18-23-13-7-3-8-14-23)20-27(32-25(26)28,31-19-24-15-9-4-10-16-24)21-29-17-22-11-5-2-6-12-22/h2-16,25,28H,17-21H2,1H3. The van der Waals surface area contributed by atoms with Crippen molar-refractivity contribution < 1.29 is 24.1 Å². The van der Waals surface area contributed by atoms with Gasteiger partial charge in [0, 0.05) is 6.42 Å². The minimum Gasteiger partial charge on any atom is -0.371 e. The first-order chi connectivity index (χ1) is 15.6. The summed E-state index contributed by atoms with van der Waals surface area (Å²) in [6.45, 7) is 3.17. The molecular formula is C27H30O5. The molecule has 1 aliphatic heterocycles. The van der Waals surface area contributed by atoms with Crippen LogP contribution in [0.4, 0.5) is 0 Å².